The van der Waals surface area contributed by atoms with Crippen molar-refractivity contribution in [2.24, 2.45) is 5.41 Å². The molecule has 2 N–H and O–H groups in total. The molecule has 5 nitrogen and oxygen atoms in total. The predicted molar refractivity (Wildman–Crippen MR) is 89.8 cm³/mol. The second-order valence-electron chi connectivity index (χ2n) is 6.08. The second-order valence-corrected chi connectivity index (χ2v) is 8.15. The van der Waals surface area contributed by atoms with Crippen LogP contribution in [0.15, 0.2) is 59.5 Å². The molecular formula is C18H20O5S. The number of aliphatic hydroxyl groups is 2. The summed E-state index contributed by atoms with van der Waals surface area (Å²) in [6.07, 6.45) is 0. The van der Waals surface area contributed by atoms with Crippen molar-refractivity contribution in [2.45, 2.75) is 16.1 Å². The minimum atomic E-state index is -3.66. The molecule has 1 aliphatic carbocycles. The molecule has 0 aromatic heterocycles. The lowest BCUT2D eigenvalue weighted by molar-refractivity contribution is 0.130. The first kappa shape index (κ1) is 17.0. The zero-order chi connectivity index (χ0) is 17.4. The van der Waals surface area contributed by atoms with Crippen LogP contribution in [0, 0.1) is 5.41 Å². The lowest BCUT2D eigenvalue weighted by Crippen LogP contribution is -2.22. The predicted octanol–water partition coefficient (Wildman–Crippen LogP) is 1.61. The van der Waals surface area contributed by atoms with Gasteiger partial charge >= 0.3 is 0 Å². The fourth-order valence-electron chi connectivity index (χ4n) is 3.44. The second kappa shape index (κ2) is 6.20. The molecule has 0 aliphatic heterocycles. The summed E-state index contributed by atoms with van der Waals surface area (Å²) in [5, 5.41) is 18.8. The summed E-state index contributed by atoms with van der Waals surface area (Å²) < 4.78 is 31.1. The third-order valence-electron chi connectivity index (χ3n) is 4.85. The fraction of sp³-hybridized carbons (Fsp3) is 0.333. The van der Waals surface area contributed by atoms with Crippen LogP contribution in [-0.4, -0.2) is 44.2 Å². The minimum Gasteiger partial charge on any atom is -0.497 e. The van der Waals surface area contributed by atoms with Crippen molar-refractivity contribution in [3.05, 3.63) is 60.2 Å². The Morgan fingerprint density at radius 2 is 1.58 bits per heavy atom. The summed E-state index contributed by atoms with van der Waals surface area (Å²) >= 11 is 0. The van der Waals surface area contributed by atoms with Crippen molar-refractivity contribution in [3.63, 3.8) is 0 Å². The minimum absolute atomic E-state index is 0.206. The van der Waals surface area contributed by atoms with Crippen molar-refractivity contribution < 1.29 is 23.4 Å². The van der Waals surface area contributed by atoms with E-state index in [1.54, 1.807) is 49.6 Å². The van der Waals surface area contributed by atoms with E-state index < -0.39 is 39.6 Å². The molecule has 1 fully saturated rings. The van der Waals surface area contributed by atoms with E-state index >= 15 is 0 Å². The van der Waals surface area contributed by atoms with Crippen LogP contribution < -0.4 is 4.74 Å². The van der Waals surface area contributed by atoms with Crippen molar-refractivity contribution in [2.75, 3.05) is 20.3 Å². The standard InChI is InChI=1S/C18H20O5S/c1-23-14-9-7-13(8-10-14)16-17(18(16,11-19)12-20)24(21,22)15-5-3-2-4-6-15/h2-10,16-17,19-20H,11-12H2,1H3/t16-,17+/m0/s1. The summed E-state index contributed by atoms with van der Waals surface area (Å²) in [7, 11) is -2.11. The van der Waals surface area contributed by atoms with E-state index in [9.17, 15) is 18.6 Å². The highest BCUT2D eigenvalue weighted by molar-refractivity contribution is 7.92. The summed E-state index contributed by atoms with van der Waals surface area (Å²) in [5.41, 5.74) is -0.299. The molecule has 1 saturated carbocycles. The maximum Gasteiger partial charge on any atom is 0.182 e. The molecule has 0 amide bonds. The SMILES string of the molecule is COc1ccc([C@H]2[C@@H](S(=O)(=O)c3ccccc3)C2(CO)CO)cc1. The van der Waals surface area contributed by atoms with Gasteiger partial charge in [0.15, 0.2) is 9.84 Å². The van der Waals surface area contributed by atoms with Gasteiger partial charge in [-0.1, -0.05) is 30.3 Å². The lowest BCUT2D eigenvalue weighted by atomic mass is 10.0. The smallest absolute Gasteiger partial charge is 0.182 e. The van der Waals surface area contributed by atoms with Crippen LogP contribution in [0.1, 0.15) is 11.5 Å². The first-order valence-corrected chi connectivity index (χ1v) is 9.20. The van der Waals surface area contributed by atoms with Crippen LogP contribution in [0.4, 0.5) is 0 Å². The van der Waals surface area contributed by atoms with E-state index in [-0.39, 0.29) is 4.90 Å². The molecular weight excluding hydrogens is 328 g/mol. The van der Waals surface area contributed by atoms with Gasteiger partial charge in [0.1, 0.15) is 5.75 Å². The first-order valence-electron chi connectivity index (χ1n) is 7.66. The average Bonchev–Trinajstić information content (AvgIpc) is 3.33. The number of hydrogen-bond acceptors (Lipinski definition) is 5. The quantitative estimate of drug-likeness (QED) is 0.828. The van der Waals surface area contributed by atoms with Gasteiger partial charge in [-0.05, 0) is 29.8 Å². The molecule has 0 bridgehead atoms. The van der Waals surface area contributed by atoms with E-state index in [2.05, 4.69) is 0 Å². The normalized spacial score (nSPS) is 22.1. The summed E-state index contributed by atoms with van der Waals surface area (Å²) in [4.78, 5) is 0.206. The molecule has 6 heteroatoms. The van der Waals surface area contributed by atoms with Crippen LogP contribution >= 0.6 is 0 Å². The molecule has 24 heavy (non-hydrogen) atoms. The molecule has 2 aromatic rings. The first-order chi connectivity index (χ1) is 11.5. The zero-order valence-electron chi connectivity index (χ0n) is 13.3. The molecule has 0 unspecified atom stereocenters. The maximum absolute atomic E-state index is 13.0. The number of hydrogen-bond donors (Lipinski definition) is 2. The zero-order valence-corrected chi connectivity index (χ0v) is 14.1. The number of ether oxygens (including phenoxy) is 1. The molecule has 128 valence electrons. The molecule has 2 aromatic carbocycles. The Kier molecular flexibility index (Phi) is 4.38. The van der Waals surface area contributed by atoms with E-state index in [1.165, 1.54) is 12.1 Å². The maximum atomic E-state index is 13.0. The van der Waals surface area contributed by atoms with Crippen LogP contribution in [-0.2, 0) is 9.84 Å². The number of rotatable bonds is 6. The topological polar surface area (TPSA) is 83.8 Å². The van der Waals surface area contributed by atoms with Crippen LogP contribution in [0.2, 0.25) is 0 Å². The molecule has 0 heterocycles. The molecule has 0 spiro atoms. The Bertz CT molecular complexity index is 795. The van der Waals surface area contributed by atoms with E-state index in [0.717, 1.165) is 5.56 Å². The molecule has 0 saturated heterocycles. The highest BCUT2D eigenvalue weighted by Gasteiger charge is 2.70. The summed E-state index contributed by atoms with van der Waals surface area (Å²) in [6, 6.07) is 15.2. The van der Waals surface area contributed by atoms with Gasteiger partial charge in [-0.25, -0.2) is 8.42 Å². The summed E-state index contributed by atoms with van der Waals surface area (Å²) in [5.74, 6) is 0.212. The van der Waals surface area contributed by atoms with E-state index in [1.807, 2.05) is 0 Å². The van der Waals surface area contributed by atoms with Crippen LogP contribution in [0.5, 0.6) is 5.75 Å². The Hall–Kier alpha value is -1.89. The van der Waals surface area contributed by atoms with Crippen molar-refractivity contribution in [3.8, 4) is 5.75 Å². The van der Waals surface area contributed by atoms with Gasteiger partial charge in [-0.2, -0.15) is 0 Å². The van der Waals surface area contributed by atoms with Gasteiger partial charge in [-0.3, -0.25) is 0 Å². The van der Waals surface area contributed by atoms with Gasteiger partial charge in [0.05, 0.1) is 30.5 Å². The Morgan fingerprint density at radius 1 is 1.00 bits per heavy atom. The Balaban J connectivity index is 2.02. The number of benzene rings is 2. The van der Waals surface area contributed by atoms with Crippen LogP contribution in [0.25, 0.3) is 0 Å². The molecule has 3 rings (SSSR count). The third-order valence-corrected chi connectivity index (χ3v) is 7.19. The van der Waals surface area contributed by atoms with Gasteiger partial charge in [0.2, 0.25) is 0 Å². The van der Waals surface area contributed by atoms with Crippen molar-refractivity contribution in [1.82, 2.24) is 0 Å². The largest absolute Gasteiger partial charge is 0.497 e. The number of methoxy groups -OCH3 is 1. The summed E-state index contributed by atoms with van der Waals surface area (Å²) in [6.45, 7) is -0.784. The van der Waals surface area contributed by atoms with Gasteiger partial charge in [0.25, 0.3) is 0 Å². The van der Waals surface area contributed by atoms with Crippen LogP contribution in [0.3, 0.4) is 0 Å². The molecule has 0 radical (unpaired) electrons. The third kappa shape index (κ3) is 2.51. The van der Waals surface area contributed by atoms with Gasteiger partial charge in [0, 0.05) is 11.3 Å². The fourth-order valence-corrected chi connectivity index (χ4v) is 5.89. The molecule has 1 aliphatic rings. The average molecular weight is 348 g/mol. The lowest BCUT2D eigenvalue weighted by Gasteiger charge is -2.11. The van der Waals surface area contributed by atoms with Gasteiger partial charge in [-0.15, -0.1) is 0 Å². The van der Waals surface area contributed by atoms with Crippen molar-refractivity contribution in [1.29, 1.82) is 0 Å². The molecule has 2 atom stereocenters. The highest BCUT2D eigenvalue weighted by atomic mass is 32.2. The Labute approximate surface area is 141 Å². The monoisotopic (exact) mass is 348 g/mol. The van der Waals surface area contributed by atoms with Crippen molar-refractivity contribution >= 4 is 9.84 Å². The van der Waals surface area contributed by atoms with E-state index in [4.69, 9.17) is 4.74 Å². The number of sulfone groups is 1. The number of aliphatic hydroxyl groups excluding tert-OH is 2. The Morgan fingerprint density at radius 3 is 2.08 bits per heavy atom. The highest BCUT2D eigenvalue weighted by Crippen LogP contribution is 2.63. The van der Waals surface area contributed by atoms with E-state index in [0.29, 0.717) is 5.75 Å². The van der Waals surface area contributed by atoms with Gasteiger partial charge < -0.3 is 14.9 Å².